The molecule has 0 saturated carbocycles. The maximum absolute atomic E-state index is 5.84. The van der Waals surface area contributed by atoms with Gasteiger partial charge < -0.3 is 9.26 Å². The largest absolute Gasteiger partial charge is 0.492 e. The lowest BCUT2D eigenvalue weighted by atomic mass is 10.2. The van der Waals surface area contributed by atoms with E-state index in [-0.39, 0.29) is 0 Å². The van der Waals surface area contributed by atoms with Crippen molar-refractivity contribution in [2.24, 2.45) is 0 Å². The van der Waals surface area contributed by atoms with Crippen molar-refractivity contribution in [3.8, 4) is 22.8 Å². The van der Waals surface area contributed by atoms with Crippen molar-refractivity contribution in [2.45, 2.75) is 24.8 Å². The second-order valence-electron chi connectivity index (χ2n) is 6.00. The molecule has 0 saturated heterocycles. The predicted molar refractivity (Wildman–Crippen MR) is 107 cm³/mol. The second-order valence-corrected chi connectivity index (χ2v) is 6.94. The van der Waals surface area contributed by atoms with Gasteiger partial charge in [0.2, 0.25) is 0 Å². The van der Waals surface area contributed by atoms with Crippen LogP contribution in [0.4, 0.5) is 0 Å². The van der Waals surface area contributed by atoms with Crippen molar-refractivity contribution in [1.82, 2.24) is 24.9 Å². The van der Waals surface area contributed by atoms with E-state index in [0.717, 1.165) is 33.6 Å². The summed E-state index contributed by atoms with van der Waals surface area (Å²) in [6.45, 7) is 4.41. The predicted octanol–water partition coefficient (Wildman–Crippen LogP) is 4.32. The molecule has 0 atom stereocenters. The fourth-order valence-electron chi connectivity index (χ4n) is 2.81. The molecule has 3 aromatic heterocycles. The number of aromatic nitrogens is 5. The highest BCUT2D eigenvalue weighted by molar-refractivity contribution is 7.98. The molecule has 0 fully saturated rings. The highest BCUT2D eigenvalue weighted by Crippen LogP contribution is 2.33. The van der Waals surface area contributed by atoms with Gasteiger partial charge in [0.15, 0.2) is 11.0 Å². The molecule has 1 aromatic carbocycles. The number of hydrogen-bond donors (Lipinski definition) is 0. The molecule has 0 aliphatic heterocycles. The van der Waals surface area contributed by atoms with Gasteiger partial charge in [-0.1, -0.05) is 29.1 Å². The molecule has 28 heavy (non-hydrogen) atoms. The molecule has 0 N–H and O–H groups in total. The fourth-order valence-corrected chi connectivity index (χ4v) is 3.63. The topological polar surface area (TPSA) is 78.9 Å². The minimum absolute atomic E-state index is 0.571. The number of benzene rings is 1. The summed E-state index contributed by atoms with van der Waals surface area (Å²) in [5, 5.41) is 13.7. The Balaban J connectivity index is 1.78. The third-order valence-corrected chi connectivity index (χ3v) is 4.95. The molecule has 0 unspecified atom stereocenters. The Morgan fingerprint density at radius 2 is 2.04 bits per heavy atom. The van der Waals surface area contributed by atoms with Crippen LogP contribution in [0.1, 0.15) is 18.4 Å². The van der Waals surface area contributed by atoms with Crippen LogP contribution in [0.15, 0.2) is 64.5 Å². The first-order chi connectivity index (χ1) is 13.8. The molecule has 0 radical (unpaired) electrons. The van der Waals surface area contributed by atoms with E-state index < -0.39 is 0 Å². The van der Waals surface area contributed by atoms with Crippen LogP contribution in [0, 0.1) is 6.92 Å². The molecular weight excluding hydrogens is 374 g/mol. The number of pyridine rings is 1. The average Bonchev–Trinajstić information content (AvgIpc) is 3.34. The zero-order chi connectivity index (χ0) is 19.3. The van der Waals surface area contributed by atoms with Crippen LogP contribution >= 0.6 is 11.8 Å². The van der Waals surface area contributed by atoms with Crippen LogP contribution in [0.25, 0.3) is 17.1 Å². The molecule has 0 spiro atoms. The number of ether oxygens (including phenoxy) is 1. The lowest BCUT2D eigenvalue weighted by molar-refractivity contribution is 0.338. The van der Waals surface area contributed by atoms with Gasteiger partial charge in [-0.15, -0.1) is 10.2 Å². The maximum atomic E-state index is 5.84. The molecule has 0 bridgehead atoms. The number of nitrogens with zero attached hydrogens (tertiary/aromatic N) is 5. The third kappa shape index (κ3) is 3.77. The van der Waals surface area contributed by atoms with Crippen molar-refractivity contribution in [3.05, 3.63) is 66.3 Å². The Hall–Kier alpha value is -3.13. The average molecular weight is 393 g/mol. The van der Waals surface area contributed by atoms with Crippen molar-refractivity contribution >= 4 is 11.8 Å². The first-order valence-corrected chi connectivity index (χ1v) is 9.88. The van der Waals surface area contributed by atoms with E-state index in [1.165, 1.54) is 0 Å². The Morgan fingerprint density at radius 3 is 2.79 bits per heavy atom. The summed E-state index contributed by atoms with van der Waals surface area (Å²) in [6, 6.07) is 13.6. The van der Waals surface area contributed by atoms with E-state index in [1.807, 2.05) is 60.9 Å². The van der Waals surface area contributed by atoms with E-state index >= 15 is 0 Å². The van der Waals surface area contributed by atoms with Gasteiger partial charge in [0.05, 0.1) is 18.0 Å². The zero-order valence-corrected chi connectivity index (χ0v) is 16.4. The van der Waals surface area contributed by atoms with Crippen LogP contribution in [0.2, 0.25) is 0 Å². The standard InChI is InChI=1S/C20H19N5O2S/c1-3-26-18-9-5-4-8-17(18)25-19(15-7-6-10-21-12-15)22-23-20(25)28-13-16-11-14(2)27-24-16/h4-12H,3,13H2,1-2H3. The van der Waals surface area contributed by atoms with Crippen molar-refractivity contribution in [2.75, 3.05) is 6.61 Å². The zero-order valence-electron chi connectivity index (χ0n) is 15.6. The Morgan fingerprint density at radius 1 is 1.14 bits per heavy atom. The molecule has 8 heteroatoms. The normalized spacial score (nSPS) is 10.9. The highest BCUT2D eigenvalue weighted by atomic mass is 32.2. The van der Waals surface area contributed by atoms with Gasteiger partial charge >= 0.3 is 0 Å². The lowest BCUT2D eigenvalue weighted by Crippen LogP contribution is -2.04. The molecule has 4 rings (SSSR count). The molecule has 142 valence electrons. The highest BCUT2D eigenvalue weighted by Gasteiger charge is 2.19. The fraction of sp³-hybridized carbons (Fsp3) is 0.200. The van der Waals surface area contributed by atoms with Gasteiger partial charge in [0, 0.05) is 29.8 Å². The first-order valence-electron chi connectivity index (χ1n) is 8.89. The Kier molecular flexibility index (Phi) is 5.38. The van der Waals surface area contributed by atoms with Gasteiger partial charge in [0.1, 0.15) is 11.5 Å². The van der Waals surface area contributed by atoms with Gasteiger partial charge in [0.25, 0.3) is 0 Å². The minimum atomic E-state index is 0.571. The summed E-state index contributed by atoms with van der Waals surface area (Å²) in [4.78, 5) is 4.22. The van der Waals surface area contributed by atoms with Gasteiger partial charge in [-0.2, -0.15) is 0 Å². The summed E-state index contributed by atoms with van der Waals surface area (Å²) in [6.07, 6.45) is 3.51. The molecule has 7 nitrogen and oxygen atoms in total. The Labute approximate surface area is 166 Å². The van der Waals surface area contributed by atoms with E-state index in [4.69, 9.17) is 9.26 Å². The van der Waals surface area contributed by atoms with Crippen molar-refractivity contribution in [3.63, 3.8) is 0 Å². The van der Waals surface area contributed by atoms with E-state index in [9.17, 15) is 0 Å². The number of rotatable bonds is 7. The van der Waals surface area contributed by atoms with E-state index in [1.54, 1.807) is 24.2 Å². The smallest absolute Gasteiger partial charge is 0.196 e. The van der Waals surface area contributed by atoms with E-state index in [2.05, 4.69) is 20.3 Å². The number of para-hydroxylation sites is 2. The van der Waals surface area contributed by atoms with Crippen LogP contribution in [0.3, 0.4) is 0 Å². The van der Waals surface area contributed by atoms with Crippen molar-refractivity contribution < 1.29 is 9.26 Å². The van der Waals surface area contributed by atoms with Gasteiger partial charge in [-0.05, 0) is 38.1 Å². The van der Waals surface area contributed by atoms with Crippen LogP contribution < -0.4 is 4.74 Å². The molecule has 0 amide bonds. The first kappa shape index (κ1) is 18.2. The van der Waals surface area contributed by atoms with E-state index in [0.29, 0.717) is 18.2 Å². The molecule has 3 heterocycles. The summed E-state index contributed by atoms with van der Waals surface area (Å²) in [5.41, 5.74) is 2.62. The Bertz CT molecular complexity index is 1060. The number of thioether (sulfide) groups is 1. The van der Waals surface area contributed by atoms with Gasteiger partial charge in [-0.25, -0.2) is 0 Å². The summed E-state index contributed by atoms with van der Waals surface area (Å²) in [5.74, 6) is 2.89. The SMILES string of the molecule is CCOc1ccccc1-n1c(SCc2cc(C)on2)nnc1-c1cccnc1. The van der Waals surface area contributed by atoms with Gasteiger partial charge in [-0.3, -0.25) is 9.55 Å². The van der Waals surface area contributed by atoms with Crippen LogP contribution in [0.5, 0.6) is 5.75 Å². The second kappa shape index (κ2) is 8.26. The number of hydrogen-bond acceptors (Lipinski definition) is 7. The quantitative estimate of drug-likeness (QED) is 0.433. The van der Waals surface area contributed by atoms with Crippen LogP contribution in [-0.2, 0) is 5.75 Å². The number of aryl methyl sites for hydroxylation is 1. The molecule has 0 aliphatic rings. The molecule has 0 aliphatic carbocycles. The van der Waals surface area contributed by atoms with Crippen LogP contribution in [-0.4, -0.2) is 31.5 Å². The monoisotopic (exact) mass is 393 g/mol. The summed E-state index contributed by atoms with van der Waals surface area (Å²) < 4.78 is 13.0. The molecular formula is C20H19N5O2S. The lowest BCUT2D eigenvalue weighted by Gasteiger charge is -2.14. The third-order valence-electron chi connectivity index (χ3n) is 3.99. The minimum Gasteiger partial charge on any atom is -0.492 e. The summed E-state index contributed by atoms with van der Waals surface area (Å²) in [7, 11) is 0. The molecule has 4 aromatic rings. The van der Waals surface area contributed by atoms with Crippen molar-refractivity contribution in [1.29, 1.82) is 0 Å². The maximum Gasteiger partial charge on any atom is 0.196 e. The summed E-state index contributed by atoms with van der Waals surface area (Å²) >= 11 is 1.54.